The number of imidazole rings is 1. The first-order valence-electron chi connectivity index (χ1n) is 11.8. The van der Waals surface area contributed by atoms with Crippen molar-refractivity contribution in [2.45, 2.75) is 26.8 Å². The van der Waals surface area contributed by atoms with E-state index in [-0.39, 0.29) is 40.9 Å². The fourth-order valence-corrected chi connectivity index (χ4v) is 3.96. The number of ether oxygens (including phenoxy) is 1. The number of azo groups is 1. The lowest BCUT2D eigenvalue weighted by Gasteiger charge is -2.23. The highest BCUT2D eigenvalue weighted by Crippen LogP contribution is 2.33. The zero-order valence-corrected chi connectivity index (χ0v) is 23.2. The molecule has 14 nitrogen and oxygen atoms in total. The number of esters is 1. The van der Waals surface area contributed by atoms with Crippen molar-refractivity contribution in [3.05, 3.63) is 41.7 Å². The van der Waals surface area contributed by atoms with Crippen molar-refractivity contribution >= 4 is 39.2 Å². The van der Waals surface area contributed by atoms with Gasteiger partial charge in [-0.05, 0) is 39.0 Å². The number of hydrogen-bond acceptors (Lipinski definition) is 11. The Morgan fingerprint density at radius 1 is 1.26 bits per heavy atom. The lowest BCUT2D eigenvalue weighted by Crippen LogP contribution is -2.29. The number of carbonyl (C=O) groups excluding carboxylic acids is 1. The van der Waals surface area contributed by atoms with Crippen LogP contribution < -0.4 is 9.62 Å². The van der Waals surface area contributed by atoms with E-state index in [1.165, 1.54) is 21.0 Å². The van der Waals surface area contributed by atoms with Crippen LogP contribution in [0.15, 0.2) is 40.6 Å². The topological polar surface area (TPSA) is 189 Å². The smallest absolute Gasteiger partial charge is 0.333 e. The van der Waals surface area contributed by atoms with E-state index < -0.39 is 28.8 Å². The van der Waals surface area contributed by atoms with Crippen molar-refractivity contribution in [3.8, 4) is 12.1 Å². The van der Waals surface area contributed by atoms with Gasteiger partial charge in [-0.15, -0.1) is 10.2 Å². The van der Waals surface area contributed by atoms with Crippen LogP contribution in [-0.4, -0.2) is 73.7 Å². The summed E-state index contributed by atoms with van der Waals surface area (Å²) in [6.45, 7) is 9.28. The molecule has 1 heterocycles. The number of nitrogens with zero attached hydrogens (tertiary/aromatic N) is 8. The molecule has 0 amide bonds. The number of nitrogens with one attached hydrogen (secondary N) is 1. The number of benzene rings is 1. The summed E-state index contributed by atoms with van der Waals surface area (Å²) in [5, 5.41) is 37.4. The van der Waals surface area contributed by atoms with Crippen molar-refractivity contribution in [2.75, 3.05) is 50.0 Å². The van der Waals surface area contributed by atoms with Crippen molar-refractivity contribution < 1.29 is 23.1 Å². The predicted molar refractivity (Wildman–Crippen MR) is 144 cm³/mol. The number of nitriles is 2. The first kappa shape index (κ1) is 30.9. The Labute approximate surface area is 227 Å². The summed E-state index contributed by atoms with van der Waals surface area (Å²) < 4.78 is 34.9. The van der Waals surface area contributed by atoms with Crippen LogP contribution in [0, 0.1) is 22.7 Å². The van der Waals surface area contributed by atoms with Crippen LogP contribution in [0.1, 0.15) is 38.2 Å². The van der Waals surface area contributed by atoms with Gasteiger partial charge in [0.15, 0.2) is 11.4 Å². The summed E-state index contributed by atoms with van der Waals surface area (Å²) in [6, 6.07) is 7.54. The first-order valence-corrected chi connectivity index (χ1v) is 13.2. The number of carbonyl (C=O) groups is 1. The van der Waals surface area contributed by atoms with Crippen molar-refractivity contribution in [1.82, 2.24) is 13.9 Å². The Morgan fingerprint density at radius 3 is 2.44 bits per heavy atom. The molecular formula is C24H31N9O5S. The van der Waals surface area contributed by atoms with Gasteiger partial charge >= 0.3 is 16.2 Å². The Hall–Kier alpha value is -4.31. The van der Waals surface area contributed by atoms with Gasteiger partial charge in [-0.3, -0.25) is 9.29 Å². The standard InChI is InChI=1S/C24H31N9O5S/c1-7-32(8-2)17-9-10-19(20(11-17)30-39(36,37)31(5)6)28-29-24-27-21(12-25)22(13-26)33(24)18(14-34)15-38-23(35)16(3)4/h9-11,18,30,34H,3,7-8,14-15H2,1-2,4-6H3/b29-28+. The van der Waals surface area contributed by atoms with Gasteiger partial charge in [0.1, 0.15) is 24.4 Å². The van der Waals surface area contributed by atoms with Crippen LogP contribution in [0.5, 0.6) is 0 Å². The molecule has 1 unspecified atom stereocenters. The molecule has 0 radical (unpaired) electrons. The highest BCUT2D eigenvalue weighted by atomic mass is 32.2. The molecule has 0 fully saturated rings. The fraction of sp³-hybridized carbons (Fsp3) is 0.417. The number of anilines is 2. The van der Waals surface area contributed by atoms with Crippen molar-refractivity contribution in [3.63, 3.8) is 0 Å². The van der Waals surface area contributed by atoms with Crippen molar-refractivity contribution in [2.24, 2.45) is 10.2 Å². The molecule has 2 aromatic rings. The molecule has 0 spiro atoms. The van der Waals surface area contributed by atoms with Crippen LogP contribution in [-0.2, 0) is 19.7 Å². The molecular weight excluding hydrogens is 526 g/mol. The second-order valence-electron chi connectivity index (χ2n) is 8.38. The molecule has 1 atom stereocenters. The highest BCUT2D eigenvalue weighted by Gasteiger charge is 2.25. The number of rotatable bonds is 13. The monoisotopic (exact) mass is 557 g/mol. The lowest BCUT2D eigenvalue weighted by atomic mass is 10.2. The normalized spacial score (nSPS) is 12.1. The van der Waals surface area contributed by atoms with E-state index in [1.807, 2.05) is 24.8 Å². The van der Waals surface area contributed by atoms with E-state index in [0.717, 1.165) is 14.6 Å². The zero-order valence-electron chi connectivity index (χ0n) is 22.4. The summed E-state index contributed by atoms with van der Waals surface area (Å²) in [7, 11) is -1.16. The lowest BCUT2D eigenvalue weighted by molar-refractivity contribution is -0.140. The average molecular weight is 558 g/mol. The van der Waals surface area contributed by atoms with Gasteiger partial charge in [0.2, 0.25) is 0 Å². The van der Waals surface area contributed by atoms with E-state index >= 15 is 0 Å². The van der Waals surface area contributed by atoms with Gasteiger partial charge in [-0.1, -0.05) is 6.58 Å². The van der Waals surface area contributed by atoms with Gasteiger partial charge in [0.05, 0.1) is 18.3 Å². The van der Waals surface area contributed by atoms with Crippen LogP contribution >= 0.6 is 0 Å². The Kier molecular flexibility index (Phi) is 10.7. The molecule has 0 aliphatic heterocycles. The third-order valence-corrected chi connectivity index (χ3v) is 6.95. The van der Waals surface area contributed by atoms with Gasteiger partial charge < -0.3 is 14.7 Å². The van der Waals surface area contributed by atoms with Crippen LogP contribution in [0.3, 0.4) is 0 Å². The van der Waals surface area contributed by atoms with Crippen LogP contribution in [0.2, 0.25) is 0 Å². The third-order valence-electron chi connectivity index (χ3n) is 5.51. The summed E-state index contributed by atoms with van der Waals surface area (Å²) in [4.78, 5) is 17.9. The number of aliphatic hydroxyl groups excluding tert-OH is 1. The molecule has 0 aliphatic rings. The summed E-state index contributed by atoms with van der Waals surface area (Å²) in [5.41, 5.74) is 0.637. The molecule has 0 saturated heterocycles. The second kappa shape index (κ2) is 13.5. The molecule has 2 rings (SSSR count). The second-order valence-corrected chi connectivity index (χ2v) is 10.3. The van der Waals surface area contributed by atoms with Crippen LogP contribution in [0.4, 0.5) is 23.0 Å². The van der Waals surface area contributed by atoms with E-state index in [2.05, 4.69) is 26.5 Å². The average Bonchev–Trinajstić information content (AvgIpc) is 3.26. The fourth-order valence-electron chi connectivity index (χ4n) is 3.33. The van der Waals surface area contributed by atoms with Crippen LogP contribution in [0.25, 0.3) is 0 Å². The van der Waals surface area contributed by atoms with E-state index in [1.54, 1.807) is 24.3 Å². The molecule has 0 bridgehead atoms. The summed E-state index contributed by atoms with van der Waals surface area (Å²) in [5.74, 6) is -0.940. The highest BCUT2D eigenvalue weighted by molar-refractivity contribution is 7.90. The molecule has 2 N–H and O–H groups in total. The zero-order chi connectivity index (χ0) is 29.3. The quantitative estimate of drug-likeness (QED) is 0.212. The summed E-state index contributed by atoms with van der Waals surface area (Å²) in [6.07, 6.45) is 0. The van der Waals surface area contributed by atoms with Gasteiger partial charge in [0.25, 0.3) is 5.95 Å². The van der Waals surface area contributed by atoms with Gasteiger partial charge in [-0.25, -0.2) is 4.79 Å². The Bertz CT molecular complexity index is 1430. The molecule has 15 heteroatoms. The maximum atomic E-state index is 12.6. The predicted octanol–water partition coefficient (Wildman–Crippen LogP) is 2.76. The molecule has 0 aliphatic carbocycles. The maximum absolute atomic E-state index is 12.6. The Balaban J connectivity index is 2.63. The van der Waals surface area contributed by atoms with Gasteiger partial charge in [0, 0.05) is 38.4 Å². The Morgan fingerprint density at radius 2 is 1.92 bits per heavy atom. The van der Waals surface area contributed by atoms with E-state index in [4.69, 9.17) is 4.74 Å². The number of aromatic nitrogens is 2. The van der Waals surface area contributed by atoms with Gasteiger partial charge in [-0.2, -0.15) is 28.2 Å². The minimum absolute atomic E-state index is 0.122. The molecule has 39 heavy (non-hydrogen) atoms. The number of aliphatic hydroxyl groups is 1. The minimum atomic E-state index is -3.90. The van der Waals surface area contributed by atoms with E-state index in [0.29, 0.717) is 13.1 Å². The maximum Gasteiger partial charge on any atom is 0.333 e. The molecule has 208 valence electrons. The molecule has 0 saturated carbocycles. The minimum Gasteiger partial charge on any atom is -0.460 e. The first-order chi connectivity index (χ1) is 18.4. The summed E-state index contributed by atoms with van der Waals surface area (Å²) >= 11 is 0. The third kappa shape index (κ3) is 7.38. The molecule has 1 aromatic carbocycles. The van der Waals surface area contributed by atoms with Crippen molar-refractivity contribution in [1.29, 1.82) is 10.5 Å². The molecule has 1 aromatic heterocycles. The number of hydrogen-bond donors (Lipinski definition) is 2. The SMILES string of the molecule is C=C(C)C(=O)OCC(CO)n1c(/N=N/c2ccc(N(CC)CC)cc2NS(=O)(=O)N(C)C)nc(C#N)c1C#N. The van der Waals surface area contributed by atoms with E-state index in [9.17, 15) is 28.8 Å². The largest absolute Gasteiger partial charge is 0.460 e.